The van der Waals surface area contributed by atoms with E-state index in [1.807, 2.05) is 11.6 Å². The van der Waals surface area contributed by atoms with Gasteiger partial charge in [0.15, 0.2) is 0 Å². The van der Waals surface area contributed by atoms with Crippen LogP contribution in [0.25, 0.3) is 0 Å². The summed E-state index contributed by atoms with van der Waals surface area (Å²) < 4.78 is 1.86. The lowest BCUT2D eigenvalue weighted by atomic mass is 10.5. The molecule has 0 unspecified atom stereocenters. The Morgan fingerprint density at radius 2 is 2.50 bits per heavy atom. The van der Waals surface area contributed by atoms with Crippen molar-refractivity contribution in [1.29, 1.82) is 0 Å². The molecule has 3 N–H and O–H groups in total. The van der Waals surface area contributed by atoms with Crippen LogP contribution in [-0.2, 0) is 13.1 Å². The van der Waals surface area contributed by atoms with Crippen LogP contribution >= 0.6 is 0 Å². The Morgan fingerprint density at radius 1 is 1.67 bits per heavy atom. The summed E-state index contributed by atoms with van der Waals surface area (Å²) in [6.45, 7) is 5.11. The molecule has 5 nitrogen and oxygen atoms in total. The van der Waals surface area contributed by atoms with Gasteiger partial charge in [-0.25, -0.2) is 9.67 Å². The topological polar surface area (TPSA) is 68.8 Å². The Kier molecular flexibility index (Phi) is 3.69. The zero-order valence-electron chi connectivity index (χ0n) is 7.32. The third-order valence-electron chi connectivity index (χ3n) is 1.60. The van der Waals surface area contributed by atoms with Crippen LogP contribution in [0.1, 0.15) is 12.7 Å². The molecule has 0 fully saturated rings. The first kappa shape index (κ1) is 9.15. The largest absolute Gasteiger partial charge is 0.329 e. The number of nitrogens with zero attached hydrogens (tertiary/aromatic N) is 3. The van der Waals surface area contributed by atoms with Gasteiger partial charge in [0.2, 0.25) is 0 Å². The number of hydrogen-bond donors (Lipinski definition) is 2. The molecule has 0 saturated carbocycles. The van der Waals surface area contributed by atoms with Gasteiger partial charge in [0, 0.05) is 19.6 Å². The van der Waals surface area contributed by atoms with Gasteiger partial charge in [-0.2, -0.15) is 5.10 Å². The van der Waals surface area contributed by atoms with Crippen molar-refractivity contribution in [2.24, 2.45) is 5.73 Å². The van der Waals surface area contributed by atoms with Crippen molar-refractivity contribution >= 4 is 0 Å². The van der Waals surface area contributed by atoms with Gasteiger partial charge in [-0.05, 0) is 6.92 Å². The normalized spacial score (nSPS) is 10.5. The zero-order valence-corrected chi connectivity index (χ0v) is 7.32. The van der Waals surface area contributed by atoms with Crippen LogP contribution in [0.5, 0.6) is 0 Å². The second kappa shape index (κ2) is 4.84. The average molecular weight is 169 g/mol. The molecular formula is C7H15N5. The molecule has 0 radical (unpaired) electrons. The number of aryl methyl sites for hydroxylation is 1. The van der Waals surface area contributed by atoms with E-state index in [0.717, 1.165) is 25.5 Å². The van der Waals surface area contributed by atoms with E-state index in [0.29, 0.717) is 6.54 Å². The molecule has 12 heavy (non-hydrogen) atoms. The van der Waals surface area contributed by atoms with Crippen LogP contribution in [-0.4, -0.2) is 27.9 Å². The van der Waals surface area contributed by atoms with Gasteiger partial charge in [-0.3, -0.25) is 0 Å². The summed E-state index contributed by atoms with van der Waals surface area (Å²) in [7, 11) is 0. The molecule has 1 heterocycles. The highest BCUT2D eigenvalue weighted by Gasteiger charge is 1.99. The molecule has 0 spiro atoms. The Balaban J connectivity index is 2.39. The van der Waals surface area contributed by atoms with E-state index in [-0.39, 0.29) is 0 Å². The Bertz CT molecular complexity index is 219. The summed E-state index contributed by atoms with van der Waals surface area (Å²) in [5, 5.41) is 7.21. The third kappa shape index (κ3) is 2.28. The summed E-state index contributed by atoms with van der Waals surface area (Å²) in [6, 6.07) is 0. The predicted octanol–water partition coefficient (Wildman–Crippen LogP) is -0.654. The highest BCUT2D eigenvalue weighted by atomic mass is 15.3. The summed E-state index contributed by atoms with van der Waals surface area (Å²) in [5.74, 6) is 0.964. The maximum absolute atomic E-state index is 5.33. The second-order valence-corrected chi connectivity index (χ2v) is 2.46. The van der Waals surface area contributed by atoms with Crippen LogP contribution in [0.4, 0.5) is 0 Å². The molecule has 1 rings (SSSR count). The lowest BCUT2D eigenvalue weighted by molar-refractivity contribution is 0.575. The summed E-state index contributed by atoms with van der Waals surface area (Å²) in [4.78, 5) is 4.11. The number of nitrogens with one attached hydrogen (secondary N) is 1. The SMILES string of the molecule is CCn1ncnc1CNCCN. The number of rotatable bonds is 5. The van der Waals surface area contributed by atoms with Crippen LogP contribution in [0, 0.1) is 0 Å². The Morgan fingerprint density at radius 3 is 3.17 bits per heavy atom. The third-order valence-corrected chi connectivity index (χ3v) is 1.60. The number of aromatic nitrogens is 3. The number of nitrogens with two attached hydrogens (primary N) is 1. The molecule has 0 aliphatic rings. The molecule has 0 atom stereocenters. The van der Waals surface area contributed by atoms with Gasteiger partial charge in [-0.15, -0.1) is 0 Å². The molecule has 1 aromatic rings. The van der Waals surface area contributed by atoms with Crippen molar-refractivity contribution in [3.05, 3.63) is 12.2 Å². The minimum absolute atomic E-state index is 0.653. The smallest absolute Gasteiger partial charge is 0.140 e. The van der Waals surface area contributed by atoms with E-state index in [1.54, 1.807) is 6.33 Å². The molecule has 0 saturated heterocycles. The van der Waals surface area contributed by atoms with Crippen molar-refractivity contribution in [2.75, 3.05) is 13.1 Å². The van der Waals surface area contributed by atoms with Gasteiger partial charge >= 0.3 is 0 Å². The zero-order chi connectivity index (χ0) is 8.81. The van der Waals surface area contributed by atoms with E-state index in [2.05, 4.69) is 15.4 Å². The summed E-state index contributed by atoms with van der Waals surface area (Å²) in [5.41, 5.74) is 5.33. The molecule has 5 heteroatoms. The second-order valence-electron chi connectivity index (χ2n) is 2.46. The number of hydrogen-bond acceptors (Lipinski definition) is 4. The van der Waals surface area contributed by atoms with Crippen molar-refractivity contribution in [1.82, 2.24) is 20.1 Å². The molecule has 0 aliphatic carbocycles. The maximum Gasteiger partial charge on any atom is 0.140 e. The van der Waals surface area contributed by atoms with E-state index < -0.39 is 0 Å². The summed E-state index contributed by atoms with van der Waals surface area (Å²) >= 11 is 0. The predicted molar refractivity (Wildman–Crippen MR) is 46.5 cm³/mol. The standard InChI is InChI=1S/C7H15N5/c1-2-12-7(10-6-11-12)5-9-4-3-8/h6,9H,2-5,8H2,1H3. The first-order valence-corrected chi connectivity index (χ1v) is 4.16. The van der Waals surface area contributed by atoms with Gasteiger partial charge in [-0.1, -0.05) is 0 Å². The minimum atomic E-state index is 0.653. The van der Waals surface area contributed by atoms with Crippen molar-refractivity contribution in [3.8, 4) is 0 Å². The van der Waals surface area contributed by atoms with Gasteiger partial charge < -0.3 is 11.1 Å². The molecule has 0 aliphatic heterocycles. The van der Waals surface area contributed by atoms with E-state index in [1.165, 1.54) is 0 Å². The van der Waals surface area contributed by atoms with Gasteiger partial charge in [0.1, 0.15) is 12.2 Å². The fourth-order valence-corrected chi connectivity index (χ4v) is 0.991. The first-order chi connectivity index (χ1) is 5.88. The van der Waals surface area contributed by atoms with Gasteiger partial charge in [0.25, 0.3) is 0 Å². The monoisotopic (exact) mass is 169 g/mol. The maximum atomic E-state index is 5.33. The van der Waals surface area contributed by atoms with E-state index in [9.17, 15) is 0 Å². The Hall–Kier alpha value is -0.940. The lowest BCUT2D eigenvalue weighted by Crippen LogP contribution is -2.23. The van der Waals surface area contributed by atoms with Gasteiger partial charge in [0.05, 0.1) is 6.54 Å². The van der Waals surface area contributed by atoms with E-state index >= 15 is 0 Å². The highest BCUT2D eigenvalue weighted by Crippen LogP contribution is 1.91. The molecule has 0 amide bonds. The average Bonchev–Trinajstić information content (AvgIpc) is 2.52. The molecule has 1 aromatic heterocycles. The highest BCUT2D eigenvalue weighted by molar-refractivity contribution is 4.83. The van der Waals surface area contributed by atoms with Crippen LogP contribution in [0.2, 0.25) is 0 Å². The summed E-state index contributed by atoms with van der Waals surface area (Å²) in [6.07, 6.45) is 1.57. The van der Waals surface area contributed by atoms with Crippen LogP contribution in [0.3, 0.4) is 0 Å². The quantitative estimate of drug-likeness (QED) is 0.574. The van der Waals surface area contributed by atoms with E-state index in [4.69, 9.17) is 5.73 Å². The van der Waals surface area contributed by atoms with Crippen molar-refractivity contribution < 1.29 is 0 Å². The fourth-order valence-electron chi connectivity index (χ4n) is 0.991. The fraction of sp³-hybridized carbons (Fsp3) is 0.714. The van der Waals surface area contributed by atoms with Crippen LogP contribution < -0.4 is 11.1 Å². The minimum Gasteiger partial charge on any atom is -0.329 e. The van der Waals surface area contributed by atoms with Crippen LogP contribution in [0.15, 0.2) is 6.33 Å². The Labute approximate surface area is 72.0 Å². The lowest BCUT2D eigenvalue weighted by Gasteiger charge is -2.03. The molecule has 0 bridgehead atoms. The van der Waals surface area contributed by atoms with Crippen molar-refractivity contribution in [2.45, 2.75) is 20.0 Å². The molecular weight excluding hydrogens is 154 g/mol. The first-order valence-electron chi connectivity index (χ1n) is 4.16. The molecule has 0 aromatic carbocycles. The molecule has 68 valence electrons. The van der Waals surface area contributed by atoms with Crippen molar-refractivity contribution in [3.63, 3.8) is 0 Å².